The van der Waals surface area contributed by atoms with Crippen LogP contribution in [0.2, 0.25) is 0 Å². The Morgan fingerprint density at radius 2 is 2.05 bits per heavy atom. The Morgan fingerprint density at radius 1 is 1.32 bits per heavy atom. The third-order valence-corrected chi connectivity index (χ3v) is 4.41. The highest BCUT2D eigenvalue weighted by Gasteiger charge is 2.44. The van der Waals surface area contributed by atoms with Crippen LogP contribution in [0.25, 0.3) is 0 Å². The first-order valence-electron chi connectivity index (χ1n) is 6.93. The second-order valence-electron chi connectivity index (χ2n) is 5.49. The van der Waals surface area contributed by atoms with E-state index in [1.54, 1.807) is 0 Å². The molecule has 1 saturated carbocycles. The summed E-state index contributed by atoms with van der Waals surface area (Å²) in [6.07, 6.45) is 3.28. The monoisotopic (exact) mass is 255 g/mol. The van der Waals surface area contributed by atoms with E-state index in [9.17, 15) is 0 Å². The molecule has 1 N–H and O–H groups in total. The second kappa shape index (κ2) is 4.82. The van der Waals surface area contributed by atoms with Crippen LogP contribution in [-0.2, 0) is 7.05 Å². The summed E-state index contributed by atoms with van der Waals surface area (Å²) in [4.78, 5) is 0. The number of nitrogens with one attached hydrogen (secondary N) is 1. The lowest BCUT2D eigenvalue weighted by atomic mass is 9.99. The average molecular weight is 255 g/mol. The SMILES string of the molecule is CNC(c1cnn(C)c1C)C1CC1c1ccccc1. The fourth-order valence-electron chi connectivity index (χ4n) is 3.09. The van der Waals surface area contributed by atoms with Gasteiger partial charge in [0, 0.05) is 24.3 Å². The lowest BCUT2D eigenvalue weighted by Gasteiger charge is -2.16. The molecular formula is C16H21N3. The van der Waals surface area contributed by atoms with Crippen molar-refractivity contribution in [2.75, 3.05) is 7.05 Å². The molecule has 3 unspecified atom stereocenters. The lowest BCUT2D eigenvalue weighted by molar-refractivity contribution is 0.514. The lowest BCUT2D eigenvalue weighted by Crippen LogP contribution is -2.19. The maximum Gasteiger partial charge on any atom is 0.0540 e. The molecule has 3 atom stereocenters. The zero-order chi connectivity index (χ0) is 13.4. The van der Waals surface area contributed by atoms with Gasteiger partial charge in [0.2, 0.25) is 0 Å². The number of nitrogens with zero attached hydrogens (tertiary/aromatic N) is 2. The number of hydrogen-bond acceptors (Lipinski definition) is 2. The highest BCUT2D eigenvalue weighted by molar-refractivity contribution is 5.31. The molecular weight excluding hydrogens is 234 g/mol. The molecule has 0 bridgehead atoms. The van der Waals surface area contributed by atoms with E-state index in [0.29, 0.717) is 17.9 Å². The predicted octanol–water partition coefficient (Wildman–Crippen LogP) is 2.79. The minimum absolute atomic E-state index is 0.416. The first kappa shape index (κ1) is 12.4. The molecule has 0 spiro atoms. The van der Waals surface area contributed by atoms with Crippen LogP contribution in [-0.4, -0.2) is 16.8 Å². The first-order chi connectivity index (χ1) is 9.22. The topological polar surface area (TPSA) is 29.9 Å². The highest BCUT2D eigenvalue weighted by atomic mass is 15.3. The van der Waals surface area contributed by atoms with Crippen LogP contribution >= 0.6 is 0 Å². The molecule has 19 heavy (non-hydrogen) atoms. The summed E-state index contributed by atoms with van der Waals surface area (Å²) < 4.78 is 1.96. The van der Waals surface area contributed by atoms with Crippen molar-refractivity contribution in [3.63, 3.8) is 0 Å². The second-order valence-corrected chi connectivity index (χ2v) is 5.49. The third kappa shape index (κ3) is 2.19. The molecule has 100 valence electrons. The van der Waals surface area contributed by atoms with Crippen LogP contribution in [0.1, 0.15) is 35.2 Å². The Hall–Kier alpha value is -1.61. The van der Waals surface area contributed by atoms with E-state index in [0.717, 1.165) is 0 Å². The summed E-state index contributed by atoms with van der Waals surface area (Å²) in [6.45, 7) is 2.15. The largest absolute Gasteiger partial charge is 0.313 e. The van der Waals surface area contributed by atoms with Gasteiger partial charge < -0.3 is 5.32 Å². The molecule has 0 radical (unpaired) electrons. The number of aryl methyl sites for hydroxylation is 1. The number of benzene rings is 1. The van der Waals surface area contributed by atoms with E-state index >= 15 is 0 Å². The number of hydrogen-bond donors (Lipinski definition) is 1. The molecule has 3 nitrogen and oxygen atoms in total. The molecule has 1 aliphatic rings. The zero-order valence-electron chi connectivity index (χ0n) is 11.8. The van der Waals surface area contributed by atoms with Crippen LogP contribution in [0.5, 0.6) is 0 Å². The van der Waals surface area contributed by atoms with E-state index in [2.05, 4.69) is 54.7 Å². The maximum absolute atomic E-state index is 4.37. The Labute approximate surface area is 114 Å². The van der Waals surface area contributed by atoms with Gasteiger partial charge in [0.15, 0.2) is 0 Å². The standard InChI is InChI=1S/C16H21N3/c1-11-15(10-18-19(11)3)16(17-2)14-9-13(14)12-7-5-4-6-8-12/h4-8,10,13-14,16-17H,9H2,1-3H3. The molecule has 3 rings (SSSR count). The van der Waals surface area contributed by atoms with E-state index in [1.165, 1.54) is 23.2 Å². The Morgan fingerprint density at radius 3 is 2.63 bits per heavy atom. The van der Waals surface area contributed by atoms with Crippen molar-refractivity contribution < 1.29 is 0 Å². The first-order valence-corrected chi connectivity index (χ1v) is 6.93. The van der Waals surface area contributed by atoms with Crippen molar-refractivity contribution in [3.05, 3.63) is 53.3 Å². The quantitative estimate of drug-likeness (QED) is 0.910. The zero-order valence-corrected chi connectivity index (χ0v) is 11.8. The van der Waals surface area contributed by atoms with Gasteiger partial charge >= 0.3 is 0 Å². The molecule has 1 heterocycles. The van der Waals surface area contributed by atoms with Gasteiger partial charge in [0.05, 0.1) is 6.20 Å². The molecule has 0 aliphatic heterocycles. The molecule has 0 saturated heterocycles. The van der Waals surface area contributed by atoms with Crippen molar-refractivity contribution in [1.82, 2.24) is 15.1 Å². The highest BCUT2D eigenvalue weighted by Crippen LogP contribution is 2.54. The van der Waals surface area contributed by atoms with Gasteiger partial charge in [0.25, 0.3) is 0 Å². The summed E-state index contributed by atoms with van der Waals surface area (Å²) in [6, 6.07) is 11.3. The van der Waals surface area contributed by atoms with E-state index < -0.39 is 0 Å². The fourth-order valence-corrected chi connectivity index (χ4v) is 3.09. The summed E-state index contributed by atoms with van der Waals surface area (Å²) >= 11 is 0. The van der Waals surface area contributed by atoms with Crippen molar-refractivity contribution in [1.29, 1.82) is 0 Å². The van der Waals surface area contributed by atoms with Crippen molar-refractivity contribution in [3.8, 4) is 0 Å². The normalized spacial score (nSPS) is 23.3. The molecule has 1 aliphatic carbocycles. The smallest absolute Gasteiger partial charge is 0.0540 e. The van der Waals surface area contributed by atoms with E-state index in [-0.39, 0.29) is 0 Å². The van der Waals surface area contributed by atoms with E-state index in [4.69, 9.17) is 0 Å². The average Bonchev–Trinajstić information content (AvgIpc) is 3.16. The van der Waals surface area contributed by atoms with Gasteiger partial charge in [-0.15, -0.1) is 0 Å². The van der Waals surface area contributed by atoms with Crippen molar-refractivity contribution >= 4 is 0 Å². The van der Waals surface area contributed by atoms with Gasteiger partial charge in [-0.25, -0.2) is 0 Å². The minimum atomic E-state index is 0.416. The van der Waals surface area contributed by atoms with E-state index in [1.807, 2.05) is 17.9 Å². The van der Waals surface area contributed by atoms with Crippen LogP contribution in [0.15, 0.2) is 36.5 Å². The van der Waals surface area contributed by atoms with Gasteiger partial charge in [-0.3, -0.25) is 4.68 Å². The summed E-state index contributed by atoms with van der Waals surface area (Å²) in [5.74, 6) is 1.38. The molecule has 1 aromatic heterocycles. The van der Waals surface area contributed by atoms with Gasteiger partial charge in [0.1, 0.15) is 0 Å². The van der Waals surface area contributed by atoms with Gasteiger partial charge in [-0.1, -0.05) is 30.3 Å². The van der Waals surface area contributed by atoms with Crippen LogP contribution < -0.4 is 5.32 Å². The van der Waals surface area contributed by atoms with Crippen molar-refractivity contribution in [2.24, 2.45) is 13.0 Å². The summed E-state index contributed by atoms with van der Waals surface area (Å²) in [7, 11) is 4.06. The molecule has 0 amide bonds. The molecule has 1 fully saturated rings. The summed E-state index contributed by atoms with van der Waals surface area (Å²) in [5.41, 5.74) is 4.07. The Bertz CT molecular complexity index is 559. The van der Waals surface area contributed by atoms with Crippen LogP contribution in [0, 0.1) is 12.8 Å². The van der Waals surface area contributed by atoms with Crippen molar-refractivity contribution in [2.45, 2.75) is 25.3 Å². The molecule has 3 heteroatoms. The third-order valence-electron chi connectivity index (χ3n) is 4.41. The van der Waals surface area contributed by atoms with Crippen LogP contribution in [0.4, 0.5) is 0 Å². The number of aromatic nitrogens is 2. The molecule has 2 aromatic rings. The fraction of sp³-hybridized carbons (Fsp3) is 0.438. The van der Waals surface area contributed by atoms with Gasteiger partial charge in [-0.2, -0.15) is 5.10 Å². The Kier molecular flexibility index (Phi) is 3.15. The number of rotatable bonds is 4. The predicted molar refractivity (Wildman–Crippen MR) is 77.0 cm³/mol. The molecule has 1 aromatic carbocycles. The van der Waals surface area contributed by atoms with Crippen LogP contribution in [0.3, 0.4) is 0 Å². The maximum atomic E-state index is 4.37. The Balaban J connectivity index is 1.81. The summed E-state index contributed by atoms with van der Waals surface area (Å²) in [5, 5.41) is 7.85. The van der Waals surface area contributed by atoms with Gasteiger partial charge in [-0.05, 0) is 37.8 Å². The minimum Gasteiger partial charge on any atom is -0.313 e.